The third-order valence-electron chi connectivity index (χ3n) is 2.46. The molecule has 80 valence electrons. The molecule has 0 radical (unpaired) electrons. The van der Waals surface area contributed by atoms with Crippen LogP contribution in [0.3, 0.4) is 0 Å². The number of pyridine rings is 1. The average molecular weight is 225 g/mol. The number of amides is 1. The second-order valence-corrected chi connectivity index (χ2v) is 4.53. The van der Waals surface area contributed by atoms with Crippen LogP contribution in [0.1, 0.15) is 17.8 Å². The predicted octanol–water partition coefficient (Wildman–Crippen LogP) is 2.04. The minimum atomic E-state index is -0.0636. The van der Waals surface area contributed by atoms with Crippen LogP contribution in [-0.4, -0.2) is 22.8 Å². The Hall–Kier alpha value is -1.09. The quantitative estimate of drug-likeness (QED) is 0.684. The predicted molar refractivity (Wildman–Crippen MR) is 60.3 cm³/mol. The summed E-state index contributed by atoms with van der Waals surface area (Å²) in [5.41, 5.74) is 2.76. The summed E-state index contributed by atoms with van der Waals surface area (Å²) in [5, 5.41) is -0.0636. The molecule has 3 nitrogen and oxygen atoms in total. The Morgan fingerprint density at radius 1 is 1.40 bits per heavy atom. The molecule has 1 atom stereocenters. The van der Waals surface area contributed by atoms with Crippen molar-refractivity contribution in [1.29, 1.82) is 0 Å². The van der Waals surface area contributed by atoms with Crippen LogP contribution in [0.4, 0.5) is 5.69 Å². The Labute approximate surface area is 94.1 Å². The van der Waals surface area contributed by atoms with E-state index >= 15 is 0 Å². The Morgan fingerprint density at radius 2 is 2.00 bits per heavy atom. The molecule has 0 aliphatic carbocycles. The fourth-order valence-electron chi connectivity index (χ4n) is 1.88. The van der Waals surface area contributed by atoms with Gasteiger partial charge in [0, 0.05) is 30.0 Å². The zero-order valence-corrected chi connectivity index (χ0v) is 9.58. The molecule has 15 heavy (non-hydrogen) atoms. The highest BCUT2D eigenvalue weighted by Crippen LogP contribution is 2.24. The summed E-state index contributed by atoms with van der Waals surface area (Å²) in [6.07, 6.45) is 0.433. The number of carbonyl (C=O) groups is 1. The van der Waals surface area contributed by atoms with E-state index in [1.807, 2.05) is 26.0 Å². The largest absolute Gasteiger partial charge is 0.311 e. The summed E-state index contributed by atoms with van der Waals surface area (Å²) < 4.78 is 0. The molecular formula is C11H13ClN2O. The van der Waals surface area contributed by atoms with Crippen LogP contribution in [0.2, 0.25) is 0 Å². The zero-order chi connectivity index (χ0) is 11.0. The first-order valence-corrected chi connectivity index (χ1v) is 5.39. The van der Waals surface area contributed by atoms with Crippen LogP contribution >= 0.6 is 11.6 Å². The smallest absolute Gasteiger partial charge is 0.228 e. The molecule has 1 aromatic rings. The lowest BCUT2D eigenvalue weighted by Gasteiger charge is -2.16. The third-order valence-corrected chi connectivity index (χ3v) is 2.75. The van der Waals surface area contributed by atoms with Crippen molar-refractivity contribution < 1.29 is 4.79 Å². The summed E-state index contributed by atoms with van der Waals surface area (Å²) in [6, 6.07) is 3.83. The topological polar surface area (TPSA) is 33.2 Å². The monoisotopic (exact) mass is 224 g/mol. The van der Waals surface area contributed by atoms with E-state index in [0.717, 1.165) is 17.1 Å². The Morgan fingerprint density at radius 3 is 2.47 bits per heavy atom. The maximum atomic E-state index is 11.6. The normalized spacial score (nSPS) is 21.1. The van der Waals surface area contributed by atoms with Gasteiger partial charge in [-0.1, -0.05) is 0 Å². The van der Waals surface area contributed by atoms with Gasteiger partial charge in [0.15, 0.2) is 0 Å². The van der Waals surface area contributed by atoms with E-state index in [2.05, 4.69) is 4.98 Å². The fraction of sp³-hybridized carbons (Fsp3) is 0.455. The van der Waals surface area contributed by atoms with Gasteiger partial charge in [0.2, 0.25) is 5.91 Å². The highest BCUT2D eigenvalue weighted by molar-refractivity contribution is 6.24. The lowest BCUT2D eigenvalue weighted by Crippen LogP contribution is -2.24. The number of carbonyl (C=O) groups excluding carboxylic acids is 1. The van der Waals surface area contributed by atoms with E-state index in [1.54, 1.807) is 4.90 Å². The molecule has 2 rings (SSSR count). The van der Waals surface area contributed by atoms with E-state index in [0.29, 0.717) is 13.0 Å². The van der Waals surface area contributed by atoms with Crippen molar-refractivity contribution in [2.45, 2.75) is 25.6 Å². The van der Waals surface area contributed by atoms with Crippen LogP contribution in [0.15, 0.2) is 12.1 Å². The van der Waals surface area contributed by atoms with E-state index in [-0.39, 0.29) is 11.3 Å². The Balaban J connectivity index is 2.33. The van der Waals surface area contributed by atoms with E-state index < -0.39 is 0 Å². The molecule has 1 fully saturated rings. The van der Waals surface area contributed by atoms with Crippen molar-refractivity contribution in [3.8, 4) is 0 Å². The van der Waals surface area contributed by atoms with Crippen molar-refractivity contribution in [1.82, 2.24) is 4.98 Å². The molecule has 0 spiro atoms. The van der Waals surface area contributed by atoms with Gasteiger partial charge in [-0.15, -0.1) is 11.6 Å². The minimum absolute atomic E-state index is 0.0636. The Kier molecular flexibility index (Phi) is 2.65. The summed E-state index contributed by atoms with van der Waals surface area (Å²) in [6.45, 7) is 4.45. The number of rotatable bonds is 1. The number of hydrogen-bond donors (Lipinski definition) is 0. The van der Waals surface area contributed by atoms with Crippen molar-refractivity contribution in [2.75, 3.05) is 11.4 Å². The van der Waals surface area contributed by atoms with Gasteiger partial charge in [-0.2, -0.15) is 0 Å². The van der Waals surface area contributed by atoms with Crippen molar-refractivity contribution in [3.63, 3.8) is 0 Å². The molecule has 1 unspecified atom stereocenters. The molecule has 1 aromatic heterocycles. The first-order chi connectivity index (χ1) is 7.06. The van der Waals surface area contributed by atoms with Gasteiger partial charge in [0.05, 0.1) is 5.38 Å². The number of nitrogens with zero attached hydrogens (tertiary/aromatic N) is 2. The molecule has 1 saturated heterocycles. The zero-order valence-electron chi connectivity index (χ0n) is 8.83. The van der Waals surface area contributed by atoms with Crippen LogP contribution in [0, 0.1) is 13.8 Å². The van der Waals surface area contributed by atoms with Gasteiger partial charge >= 0.3 is 0 Å². The number of halogens is 1. The van der Waals surface area contributed by atoms with Gasteiger partial charge in [0.1, 0.15) is 0 Å². The van der Waals surface area contributed by atoms with Gasteiger partial charge in [-0.3, -0.25) is 9.78 Å². The first kappa shape index (κ1) is 10.4. The summed E-state index contributed by atoms with van der Waals surface area (Å²) in [7, 11) is 0. The first-order valence-electron chi connectivity index (χ1n) is 4.96. The van der Waals surface area contributed by atoms with Crippen LogP contribution in [0.25, 0.3) is 0 Å². The van der Waals surface area contributed by atoms with Crippen molar-refractivity contribution in [2.24, 2.45) is 0 Å². The van der Waals surface area contributed by atoms with Crippen molar-refractivity contribution in [3.05, 3.63) is 23.5 Å². The molecule has 0 aromatic carbocycles. The maximum absolute atomic E-state index is 11.6. The fourth-order valence-corrected chi connectivity index (χ4v) is 2.15. The van der Waals surface area contributed by atoms with Gasteiger partial charge in [0.25, 0.3) is 0 Å². The highest BCUT2D eigenvalue weighted by Gasteiger charge is 2.29. The minimum Gasteiger partial charge on any atom is -0.311 e. The molecular weight excluding hydrogens is 212 g/mol. The Bertz CT molecular complexity index is 385. The molecule has 4 heteroatoms. The lowest BCUT2D eigenvalue weighted by atomic mass is 10.2. The second-order valence-electron chi connectivity index (χ2n) is 3.91. The van der Waals surface area contributed by atoms with Crippen molar-refractivity contribution >= 4 is 23.2 Å². The molecule has 1 amide bonds. The second kappa shape index (κ2) is 3.81. The van der Waals surface area contributed by atoms with Crippen LogP contribution in [-0.2, 0) is 4.79 Å². The average Bonchev–Trinajstić information content (AvgIpc) is 2.43. The summed E-state index contributed by atoms with van der Waals surface area (Å²) >= 11 is 5.95. The standard InChI is InChI=1S/C11H13ClN2O/c1-7-3-10(4-8(2)13-7)14-6-9(12)5-11(14)15/h3-4,9H,5-6H2,1-2H3. The molecule has 0 bridgehead atoms. The number of hydrogen-bond acceptors (Lipinski definition) is 2. The van der Waals surface area contributed by atoms with E-state index in [1.165, 1.54) is 0 Å². The van der Waals surface area contributed by atoms with E-state index in [9.17, 15) is 4.79 Å². The summed E-state index contributed by atoms with van der Waals surface area (Å²) in [5.74, 6) is 0.0972. The number of alkyl halides is 1. The number of anilines is 1. The van der Waals surface area contributed by atoms with Gasteiger partial charge < -0.3 is 4.90 Å². The maximum Gasteiger partial charge on any atom is 0.228 e. The van der Waals surface area contributed by atoms with Gasteiger partial charge in [-0.25, -0.2) is 0 Å². The molecule has 1 aliphatic heterocycles. The molecule has 2 heterocycles. The SMILES string of the molecule is Cc1cc(N2CC(Cl)CC2=O)cc(C)n1. The molecule has 0 N–H and O–H groups in total. The molecule has 1 aliphatic rings. The van der Waals surface area contributed by atoms with Crippen LogP contribution in [0.5, 0.6) is 0 Å². The molecule has 0 saturated carbocycles. The summed E-state index contributed by atoms with van der Waals surface area (Å²) in [4.78, 5) is 17.6. The lowest BCUT2D eigenvalue weighted by molar-refractivity contribution is -0.117. The van der Waals surface area contributed by atoms with Crippen LogP contribution < -0.4 is 4.90 Å². The number of aryl methyl sites for hydroxylation is 2. The third kappa shape index (κ3) is 2.12. The van der Waals surface area contributed by atoms with Gasteiger partial charge in [-0.05, 0) is 26.0 Å². The highest BCUT2D eigenvalue weighted by atomic mass is 35.5. The van der Waals surface area contributed by atoms with E-state index in [4.69, 9.17) is 11.6 Å². The number of aromatic nitrogens is 1.